The quantitative estimate of drug-likeness (QED) is 0.644. The molecule has 2 rings (SSSR count). The van der Waals surface area contributed by atoms with E-state index in [0.29, 0.717) is 15.9 Å². The summed E-state index contributed by atoms with van der Waals surface area (Å²) in [5, 5.41) is 14.3. The molecule has 1 aliphatic carbocycles. The first-order valence-electron chi connectivity index (χ1n) is 6.58. The summed E-state index contributed by atoms with van der Waals surface area (Å²) in [4.78, 5) is 10.4. The normalized spacial score (nSPS) is 21.9. The molecule has 1 atom stereocenters. The maximum absolute atomic E-state index is 10.8. The van der Waals surface area contributed by atoms with Gasteiger partial charge in [0, 0.05) is 17.8 Å². The molecule has 104 valence electrons. The van der Waals surface area contributed by atoms with Crippen molar-refractivity contribution in [2.45, 2.75) is 45.6 Å². The van der Waals surface area contributed by atoms with Crippen LogP contribution >= 0.6 is 15.9 Å². The average Bonchev–Trinajstić information content (AvgIpc) is 2.27. The summed E-state index contributed by atoms with van der Waals surface area (Å²) < 4.78 is 0.526. The average molecular weight is 327 g/mol. The molecule has 1 aromatic carbocycles. The second kappa shape index (κ2) is 5.49. The van der Waals surface area contributed by atoms with E-state index in [9.17, 15) is 10.1 Å². The molecule has 0 saturated heterocycles. The molecule has 1 aromatic rings. The zero-order valence-corrected chi connectivity index (χ0v) is 12.9. The van der Waals surface area contributed by atoms with E-state index in [1.807, 2.05) is 0 Å². The number of halogens is 1. The van der Waals surface area contributed by atoms with Crippen molar-refractivity contribution in [2.24, 2.45) is 5.41 Å². The Bertz CT molecular complexity index is 488. The van der Waals surface area contributed by atoms with Gasteiger partial charge < -0.3 is 5.32 Å². The third kappa shape index (κ3) is 3.69. The van der Waals surface area contributed by atoms with Crippen molar-refractivity contribution in [1.29, 1.82) is 0 Å². The smallest absolute Gasteiger partial charge is 0.283 e. The predicted molar refractivity (Wildman–Crippen MR) is 80.5 cm³/mol. The van der Waals surface area contributed by atoms with Gasteiger partial charge in [-0.1, -0.05) is 20.3 Å². The van der Waals surface area contributed by atoms with Crippen LogP contribution in [0.2, 0.25) is 0 Å². The van der Waals surface area contributed by atoms with Crippen LogP contribution < -0.4 is 5.32 Å². The van der Waals surface area contributed by atoms with Gasteiger partial charge in [0.1, 0.15) is 0 Å². The van der Waals surface area contributed by atoms with Gasteiger partial charge in [0.05, 0.1) is 9.40 Å². The maximum Gasteiger partial charge on any atom is 0.283 e. The zero-order valence-electron chi connectivity index (χ0n) is 11.3. The number of nitrogens with zero attached hydrogens (tertiary/aromatic N) is 1. The number of nitrogens with one attached hydrogen (secondary N) is 1. The Morgan fingerprint density at radius 3 is 2.79 bits per heavy atom. The molecule has 0 amide bonds. The standard InChI is InChI=1S/C14H19BrN2O2/c1-14(2)7-3-4-11(9-14)16-10-5-6-13(17(18)19)12(15)8-10/h5-6,8,11,16H,3-4,7,9H2,1-2H3. The van der Waals surface area contributed by atoms with Gasteiger partial charge in [-0.15, -0.1) is 0 Å². The minimum absolute atomic E-state index is 0.106. The molecule has 4 nitrogen and oxygen atoms in total. The lowest BCUT2D eigenvalue weighted by molar-refractivity contribution is -0.385. The van der Waals surface area contributed by atoms with Crippen LogP contribution in [-0.4, -0.2) is 11.0 Å². The lowest BCUT2D eigenvalue weighted by atomic mass is 9.75. The Labute approximate surface area is 121 Å². The molecule has 0 heterocycles. The van der Waals surface area contributed by atoms with E-state index in [0.717, 1.165) is 18.5 Å². The number of benzene rings is 1. The Balaban J connectivity index is 2.07. The zero-order chi connectivity index (χ0) is 14.0. The van der Waals surface area contributed by atoms with Gasteiger partial charge in [0.15, 0.2) is 0 Å². The van der Waals surface area contributed by atoms with Crippen molar-refractivity contribution < 1.29 is 4.92 Å². The van der Waals surface area contributed by atoms with Crippen LogP contribution in [0.25, 0.3) is 0 Å². The number of nitro groups is 1. The maximum atomic E-state index is 10.8. The number of anilines is 1. The summed E-state index contributed by atoms with van der Waals surface area (Å²) in [5.41, 5.74) is 1.43. The minimum atomic E-state index is -0.377. The molecule has 0 bridgehead atoms. The Morgan fingerprint density at radius 1 is 1.47 bits per heavy atom. The van der Waals surface area contributed by atoms with Crippen molar-refractivity contribution in [1.82, 2.24) is 0 Å². The molecule has 1 fully saturated rings. The number of hydrogen-bond donors (Lipinski definition) is 1. The third-order valence-electron chi connectivity index (χ3n) is 3.72. The van der Waals surface area contributed by atoms with Gasteiger partial charge in [-0.25, -0.2) is 0 Å². The van der Waals surface area contributed by atoms with Crippen LogP contribution in [0.1, 0.15) is 39.5 Å². The van der Waals surface area contributed by atoms with Crippen LogP contribution in [0.15, 0.2) is 22.7 Å². The molecule has 0 radical (unpaired) electrons. The monoisotopic (exact) mass is 326 g/mol. The first-order valence-corrected chi connectivity index (χ1v) is 7.37. The Kier molecular flexibility index (Phi) is 4.13. The topological polar surface area (TPSA) is 55.2 Å². The molecule has 0 aliphatic heterocycles. The molecular weight excluding hydrogens is 308 g/mol. The fourth-order valence-electron chi connectivity index (χ4n) is 2.80. The number of hydrogen-bond acceptors (Lipinski definition) is 3. The van der Waals surface area contributed by atoms with Gasteiger partial charge in [-0.05, 0) is 52.7 Å². The van der Waals surface area contributed by atoms with Crippen molar-refractivity contribution in [3.05, 3.63) is 32.8 Å². The first-order chi connectivity index (χ1) is 8.87. The first kappa shape index (κ1) is 14.3. The summed E-state index contributed by atoms with van der Waals surface area (Å²) in [7, 11) is 0. The Morgan fingerprint density at radius 2 is 2.21 bits per heavy atom. The highest BCUT2D eigenvalue weighted by Crippen LogP contribution is 2.37. The molecule has 1 aliphatic rings. The summed E-state index contributed by atoms with van der Waals surface area (Å²) in [6.45, 7) is 4.60. The summed E-state index contributed by atoms with van der Waals surface area (Å²) in [5.74, 6) is 0. The SMILES string of the molecule is CC1(C)CCCC(Nc2ccc([N+](=O)[O-])c(Br)c2)C1. The van der Waals surface area contributed by atoms with Crippen molar-refractivity contribution >= 4 is 27.3 Å². The van der Waals surface area contributed by atoms with Crippen molar-refractivity contribution in [3.8, 4) is 0 Å². The van der Waals surface area contributed by atoms with E-state index < -0.39 is 0 Å². The van der Waals surface area contributed by atoms with Gasteiger partial charge in [-0.3, -0.25) is 10.1 Å². The highest BCUT2D eigenvalue weighted by atomic mass is 79.9. The van der Waals surface area contributed by atoms with E-state index in [4.69, 9.17) is 0 Å². The number of rotatable bonds is 3. The molecule has 1 saturated carbocycles. The summed E-state index contributed by atoms with van der Waals surface area (Å²) >= 11 is 3.25. The Hall–Kier alpha value is -1.10. The highest BCUT2D eigenvalue weighted by molar-refractivity contribution is 9.10. The fourth-order valence-corrected chi connectivity index (χ4v) is 3.33. The summed E-state index contributed by atoms with van der Waals surface area (Å²) in [6, 6.07) is 5.57. The summed E-state index contributed by atoms with van der Waals surface area (Å²) in [6.07, 6.45) is 4.81. The van der Waals surface area contributed by atoms with Gasteiger partial charge in [-0.2, -0.15) is 0 Å². The predicted octanol–water partition coefficient (Wildman–Crippen LogP) is 4.74. The van der Waals surface area contributed by atoms with Crippen LogP contribution in [0.4, 0.5) is 11.4 Å². The molecular formula is C14H19BrN2O2. The van der Waals surface area contributed by atoms with E-state index in [-0.39, 0.29) is 10.6 Å². The second-order valence-corrected chi connectivity index (χ2v) is 6.88. The lowest BCUT2D eigenvalue weighted by Gasteiger charge is -2.36. The van der Waals surface area contributed by atoms with Crippen molar-refractivity contribution in [3.63, 3.8) is 0 Å². The van der Waals surface area contributed by atoms with Crippen LogP contribution in [0, 0.1) is 15.5 Å². The third-order valence-corrected chi connectivity index (χ3v) is 4.36. The number of nitro benzene ring substituents is 1. The fraction of sp³-hybridized carbons (Fsp3) is 0.571. The lowest BCUT2D eigenvalue weighted by Crippen LogP contribution is -2.31. The van der Waals surface area contributed by atoms with Gasteiger partial charge in [0.2, 0.25) is 0 Å². The molecule has 5 heteroatoms. The highest BCUT2D eigenvalue weighted by Gasteiger charge is 2.27. The van der Waals surface area contributed by atoms with Crippen LogP contribution in [0.3, 0.4) is 0 Å². The van der Waals surface area contributed by atoms with Crippen molar-refractivity contribution in [2.75, 3.05) is 5.32 Å². The molecule has 1 N–H and O–H groups in total. The molecule has 0 spiro atoms. The van der Waals surface area contributed by atoms with Crippen LogP contribution in [-0.2, 0) is 0 Å². The largest absolute Gasteiger partial charge is 0.382 e. The molecule has 1 unspecified atom stereocenters. The van der Waals surface area contributed by atoms with E-state index in [2.05, 4.69) is 35.1 Å². The second-order valence-electron chi connectivity index (χ2n) is 6.03. The van der Waals surface area contributed by atoms with E-state index in [1.165, 1.54) is 12.8 Å². The van der Waals surface area contributed by atoms with E-state index >= 15 is 0 Å². The van der Waals surface area contributed by atoms with Gasteiger partial charge >= 0.3 is 0 Å². The van der Waals surface area contributed by atoms with Crippen LogP contribution in [0.5, 0.6) is 0 Å². The minimum Gasteiger partial charge on any atom is -0.382 e. The van der Waals surface area contributed by atoms with Gasteiger partial charge in [0.25, 0.3) is 5.69 Å². The molecule has 0 aromatic heterocycles. The molecule has 19 heavy (non-hydrogen) atoms. The van der Waals surface area contributed by atoms with E-state index in [1.54, 1.807) is 18.2 Å².